The van der Waals surface area contributed by atoms with E-state index < -0.39 is 0 Å². The number of aliphatic hydroxyl groups excluding tert-OH is 1. The van der Waals surface area contributed by atoms with Crippen LogP contribution in [0.1, 0.15) is 59.1 Å². The van der Waals surface area contributed by atoms with E-state index in [-0.39, 0.29) is 23.8 Å². The number of phenolic OH excluding ortho intramolecular Hbond substituents is 1. The maximum absolute atomic E-state index is 12.4. The minimum atomic E-state index is -0.137. The summed E-state index contributed by atoms with van der Waals surface area (Å²) in [4.78, 5) is 12.4. The van der Waals surface area contributed by atoms with Gasteiger partial charge in [-0.25, -0.2) is 0 Å². The van der Waals surface area contributed by atoms with Crippen LogP contribution in [0, 0.1) is 0 Å². The van der Waals surface area contributed by atoms with Crippen molar-refractivity contribution in [3.63, 3.8) is 0 Å². The van der Waals surface area contributed by atoms with Crippen LogP contribution in [0.4, 0.5) is 0 Å². The highest BCUT2D eigenvalue weighted by atomic mass is 16.5. The van der Waals surface area contributed by atoms with Crippen LogP contribution in [-0.2, 0) is 27.1 Å². The maximum Gasteiger partial charge on any atom is 0.220 e. The first-order valence-electron chi connectivity index (χ1n) is 12.3. The average Bonchev–Trinajstić information content (AvgIpc) is 2.88. The largest absolute Gasteiger partial charge is 0.508 e. The number of hydrogen-bond donors (Lipinski definition) is 3. The van der Waals surface area contributed by atoms with Crippen LogP contribution in [0.2, 0.25) is 0 Å². The third-order valence-electron chi connectivity index (χ3n) is 4.39. The first kappa shape index (κ1) is 33.8. The van der Waals surface area contributed by atoms with Gasteiger partial charge in [0.2, 0.25) is 5.91 Å². The molecule has 0 saturated heterocycles. The van der Waals surface area contributed by atoms with Crippen molar-refractivity contribution in [2.75, 3.05) is 26.9 Å². The van der Waals surface area contributed by atoms with Crippen LogP contribution in [0.15, 0.2) is 54.6 Å². The van der Waals surface area contributed by atoms with Crippen LogP contribution >= 0.6 is 0 Å². The topological polar surface area (TPSA) is 88.0 Å². The van der Waals surface area contributed by atoms with Gasteiger partial charge in [0.25, 0.3) is 0 Å². The van der Waals surface area contributed by atoms with Gasteiger partial charge >= 0.3 is 0 Å². The van der Waals surface area contributed by atoms with Crippen molar-refractivity contribution < 1.29 is 24.5 Å². The second-order valence-electron chi connectivity index (χ2n) is 6.92. The van der Waals surface area contributed by atoms with Crippen molar-refractivity contribution in [1.82, 2.24) is 5.32 Å². The zero-order chi connectivity index (χ0) is 26.2. The summed E-state index contributed by atoms with van der Waals surface area (Å²) in [7, 11) is 1.00. The van der Waals surface area contributed by atoms with Gasteiger partial charge in [-0.15, -0.1) is 0 Å². The third-order valence-corrected chi connectivity index (χ3v) is 4.39. The molecule has 34 heavy (non-hydrogen) atoms. The van der Waals surface area contributed by atoms with E-state index in [1.807, 2.05) is 84.0 Å². The van der Waals surface area contributed by atoms with E-state index >= 15 is 0 Å². The molecule has 2 rings (SSSR count). The Morgan fingerprint density at radius 2 is 1.50 bits per heavy atom. The van der Waals surface area contributed by atoms with Gasteiger partial charge in [0.15, 0.2) is 0 Å². The summed E-state index contributed by atoms with van der Waals surface area (Å²) < 4.78 is 11.3. The molecule has 0 aliphatic rings. The third kappa shape index (κ3) is 17.1. The Balaban J connectivity index is 0. The molecule has 2 aromatic rings. The lowest BCUT2D eigenvalue weighted by Crippen LogP contribution is -2.40. The maximum atomic E-state index is 12.4. The molecule has 2 atom stereocenters. The second-order valence-corrected chi connectivity index (χ2v) is 6.92. The highest BCUT2D eigenvalue weighted by Gasteiger charge is 2.15. The smallest absolute Gasteiger partial charge is 0.220 e. The molecule has 6 nitrogen and oxygen atoms in total. The van der Waals surface area contributed by atoms with Crippen molar-refractivity contribution >= 4 is 5.91 Å². The summed E-state index contributed by atoms with van der Waals surface area (Å²) in [6, 6.07) is 16.9. The van der Waals surface area contributed by atoms with E-state index in [0.29, 0.717) is 39.1 Å². The van der Waals surface area contributed by atoms with E-state index in [2.05, 4.69) is 5.32 Å². The SMILES string of the molecule is CC.CC.CCO[C@@H](C)COC[C@H](Cc1ccc(O)cc1)NC(=O)CCc1ccccc1.CO. The van der Waals surface area contributed by atoms with E-state index in [4.69, 9.17) is 14.6 Å². The zero-order valence-electron chi connectivity index (χ0n) is 22.2. The lowest BCUT2D eigenvalue weighted by atomic mass is 10.1. The first-order valence-corrected chi connectivity index (χ1v) is 12.3. The Morgan fingerprint density at radius 1 is 0.912 bits per heavy atom. The minimum absolute atomic E-state index is 0.00841. The fraction of sp³-hybridized carbons (Fsp3) is 0.536. The number of ether oxygens (including phenoxy) is 2. The van der Waals surface area contributed by atoms with Gasteiger partial charge in [0.1, 0.15) is 5.75 Å². The Hall–Kier alpha value is -2.41. The summed E-state index contributed by atoms with van der Waals surface area (Å²) in [6.07, 6.45) is 1.81. The molecule has 6 heteroatoms. The summed E-state index contributed by atoms with van der Waals surface area (Å²) >= 11 is 0. The Kier molecular flexibility index (Phi) is 23.6. The molecule has 0 aromatic heterocycles. The normalized spacial score (nSPS) is 11.3. The van der Waals surface area contributed by atoms with Crippen LogP contribution < -0.4 is 5.32 Å². The first-order chi connectivity index (χ1) is 16.6. The number of carbonyl (C=O) groups excluding carboxylic acids is 1. The predicted octanol–water partition coefficient (Wildman–Crippen LogP) is 5.15. The summed E-state index contributed by atoms with van der Waals surface area (Å²) in [5.74, 6) is 0.239. The molecule has 0 aliphatic heterocycles. The predicted molar refractivity (Wildman–Crippen MR) is 141 cm³/mol. The van der Waals surface area contributed by atoms with Gasteiger partial charge in [0, 0.05) is 20.1 Å². The number of amides is 1. The highest BCUT2D eigenvalue weighted by molar-refractivity contribution is 5.76. The Labute approximate surface area is 207 Å². The number of aryl methyl sites for hydroxylation is 1. The lowest BCUT2D eigenvalue weighted by Gasteiger charge is -2.20. The molecule has 0 spiro atoms. The van der Waals surface area contributed by atoms with Gasteiger partial charge < -0.3 is 25.0 Å². The van der Waals surface area contributed by atoms with Crippen molar-refractivity contribution in [2.24, 2.45) is 0 Å². The fourth-order valence-electron chi connectivity index (χ4n) is 2.98. The van der Waals surface area contributed by atoms with Crippen molar-refractivity contribution in [3.8, 4) is 5.75 Å². The molecule has 3 N–H and O–H groups in total. The summed E-state index contributed by atoms with van der Waals surface area (Å²) in [6.45, 7) is 13.5. The number of rotatable bonds is 12. The van der Waals surface area contributed by atoms with Crippen LogP contribution in [0.5, 0.6) is 5.75 Å². The number of aromatic hydroxyl groups is 1. The summed E-state index contributed by atoms with van der Waals surface area (Å²) in [5, 5.41) is 19.5. The van der Waals surface area contributed by atoms with Crippen LogP contribution in [-0.4, -0.2) is 55.2 Å². The molecule has 0 radical (unpaired) electrons. The number of carbonyl (C=O) groups is 1. The second kappa shape index (κ2) is 23.7. The molecule has 0 unspecified atom stereocenters. The summed E-state index contributed by atoms with van der Waals surface area (Å²) in [5.41, 5.74) is 2.18. The van der Waals surface area contributed by atoms with Crippen molar-refractivity contribution in [1.29, 1.82) is 0 Å². The molecular formula is C28H47NO5. The van der Waals surface area contributed by atoms with Gasteiger partial charge in [-0.05, 0) is 49.9 Å². The van der Waals surface area contributed by atoms with Crippen molar-refractivity contribution in [2.45, 2.75) is 73.0 Å². The molecule has 0 aliphatic carbocycles. The molecule has 0 saturated carbocycles. The average molecular weight is 478 g/mol. The molecule has 0 bridgehead atoms. The monoisotopic (exact) mass is 477 g/mol. The van der Waals surface area contributed by atoms with E-state index in [1.54, 1.807) is 12.1 Å². The molecule has 0 heterocycles. The fourth-order valence-corrected chi connectivity index (χ4v) is 2.98. The van der Waals surface area contributed by atoms with Gasteiger partial charge in [-0.2, -0.15) is 0 Å². The number of phenols is 1. The van der Waals surface area contributed by atoms with Crippen molar-refractivity contribution in [3.05, 3.63) is 65.7 Å². The standard InChI is InChI=1S/C23H31NO4.2C2H6.CH4O/c1-3-28-18(2)16-27-17-21(15-20-9-12-22(25)13-10-20)24-23(26)14-11-19-7-5-4-6-8-19;3*1-2/h4-10,12-13,18,21,25H,3,11,14-17H2,1-2H3,(H,24,26);2*1-2H3;2H,1H3/t18-,21-;;;/m0.../s1. The van der Waals surface area contributed by atoms with E-state index in [0.717, 1.165) is 18.2 Å². The number of aliphatic hydroxyl groups is 1. The molecule has 1 amide bonds. The number of nitrogens with one attached hydrogen (secondary N) is 1. The van der Waals surface area contributed by atoms with Crippen LogP contribution in [0.25, 0.3) is 0 Å². The number of hydrogen-bond acceptors (Lipinski definition) is 5. The van der Waals surface area contributed by atoms with Gasteiger partial charge in [0.05, 0.1) is 25.4 Å². The zero-order valence-corrected chi connectivity index (χ0v) is 22.2. The molecular weight excluding hydrogens is 430 g/mol. The molecule has 194 valence electrons. The van der Waals surface area contributed by atoms with Gasteiger partial charge in [-0.1, -0.05) is 70.2 Å². The lowest BCUT2D eigenvalue weighted by molar-refractivity contribution is -0.122. The van der Waals surface area contributed by atoms with Crippen LogP contribution in [0.3, 0.4) is 0 Å². The Bertz CT molecular complexity index is 692. The van der Waals surface area contributed by atoms with Gasteiger partial charge in [-0.3, -0.25) is 4.79 Å². The van der Waals surface area contributed by atoms with E-state index in [9.17, 15) is 9.90 Å². The Morgan fingerprint density at radius 3 is 2.06 bits per heavy atom. The number of benzene rings is 2. The van der Waals surface area contributed by atoms with E-state index in [1.165, 1.54) is 0 Å². The highest BCUT2D eigenvalue weighted by Crippen LogP contribution is 2.12. The molecule has 0 fully saturated rings. The quantitative estimate of drug-likeness (QED) is 0.393. The molecule has 2 aromatic carbocycles. The minimum Gasteiger partial charge on any atom is -0.508 e.